The number of aromatic nitrogens is 4. The Morgan fingerprint density at radius 2 is 1.43 bits per heavy atom. The lowest BCUT2D eigenvalue weighted by Crippen LogP contribution is -2.48. The molecule has 1 aliphatic rings. The van der Waals surface area contributed by atoms with E-state index in [1.807, 2.05) is 4.68 Å². The molecule has 1 unspecified atom stereocenters. The van der Waals surface area contributed by atoms with E-state index >= 15 is 0 Å². The molecule has 2 heterocycles. The average Bonchev–Trinajstić information content (AvgIpc) is 3.38. The predicted molar refractivity (Wildman–Crippen MR) is 140 cm³/mol. The number of aryl methyl sites for hydroxylation is 2. The van der Waals surface area contributed by atoms with Crippen LogP contribution in [0.15, 0.2) is 97.1 Å². The maximum Gasteiger partial charge on any atom is 0.173 e. The van der Waals surface area contributed by atoms with Crippen LogP contribution in [0.2, 0.25) is 0 Å². The zero-order chi connectivity index (χ0) is 23.7. The molecule has 1 aliphatic heterocycles. The number of nitrogens with zero attached hydrogens (tertiary/aromatic N) is 6. The Bertz CT molecular complexity index is 1180. The number of tetrazole rings is 1. The molecular formula is C29H32N6. The molecule has 1 saturated heterocycles. The van der Waals surface area contributed by atoms with Crippen LogP contribution >= 0.6 is 0 Å². The van der Waals surface area contributed by atoms with Gasteiger partial charge in [-0.3, -0.25) is 9.80 Å². The van der Waals surface area contributed by atoms with E-state index in [-0.39, 0.29) is 6.04 Å². The SMILES string of the molecule is C(=C\c1ccccc1)/CN1CCN(C(c2ccccc2)c2nnnn2CCc2ccccc2)CC1. The van der Waals surface area contributed by atoms with E-state index in [1.165, 1.54) is 16.7 Å². The van der Waals surface area contributed by atoms with Gasteiger partial charge in [-0.1, -0.05) is 103 Å². The highest BCUT2D eigenvalue weighted by molar-refractivity contribution is 5.48. The molecule has 0 N–H and O–H groups in total. The van der Waals surface area contributed by atoms with E-state index in [9.17, 15) is 0 Å². The quantitative estimate of drug-likeness (QED) is 0.369. The van der Waals surface area contributed by atoms with E-state index in [0.717, 1.165) is 51.5 Å². The lowest BCUT2D eigenvalue weighted by atomic mass is 10.0. The number of rotatable bonds is 9. The van der Waals surface area contributed by atoms with Gasteiger partial charge in [0.1, 0.15) is 0 Å². The summed E-state index contributed by atoms with van der Waals surface area (Å²) in [6.07, 6.45) is 5.38. The van der Waals surface area contributed by atoms with Gasteiger partial charge in [0.05, 0.1) is 6.04 Å². The third kappa shape index (κ3) is 6.10. The summed E-state index contributed by atoms with van der Waals surface area (Å²) in [5.41, 5.74) is 3.78. The van der Waals surface area contributed by atoms with Crippen LogP contribution in [0.1, 0.15) is 28.6 Å². The lowest BCUT2D eigenvalue weighted by molar-refractivity contribution is 0.112. The summed E-state index contributed by atoms with van der Waals surface area (Å²) in [6, 6.07) is 31.7. The summed E-state index contributed by atoms with van der Waals surface area (Å²) in [7, 11) is 0. The first-order valence-corrected chi connectivity index (χ1v) is 12.4. The summed E-state index contributed by atoms with van der Waals surface area (Å²) in [6.45, 7) is 5.73. The molecule has 0 spiro atoms. The maximum absolute atomic E-state index is 4.52. The highest BCUT2D eigenvalue weighted by Gasteiger charge is 2.30. The van der Waals surface area contributed by atoms with E-state index in [1.54, 1.807) is 0 Å². The Kier molecular flexibility index (Phi) is 7.73. The maximum atomic E-state index is 4.52. The summed E-state index contributed by atoms with van der Waals surface area (Å²) in [5, 5.41) is 13.0. The molecular weight excluding hydrogens is 432 g/mol. The first-order valence-electron chi connectivity index (χ1n) is 12.4. The Labute approximate surface area is 207 Å². The zero-order valence-corrected chi connectivity index (χ0v) is 20.0. The molecule has 1 aromatic heterocycles. The smallest absolute Gasteiger partial charge is 0.173 e. The van der Waals surface area contributed by atoms with Gasteiger partial charge in [-0.25, -0.2) is 4.68 Å². The Morgan fingerprint density at radius 3 is 2.14 bits per heavy atom. The van der Waals surface area contributed by atoms with Gasteiger partial charge in [-0.2, -0.15) is 0 Å². The number of hydrogen-bond acceptors (Lipinski definition) is 5. The van der Waals surface area contributed by atoms with Gasteiger partial charge >= 0.3 is 0 Å². The first-order chi connectivity index (χ1) is 17.4. The molecule has 0 saturated carbocycles. The molecule has 0 bridgehead atoms. The molecule has 0 aliphatic carbocycles. The topological polar surface area (TPSA) is 50.1 Å². The fourth-order valence-corrected chi connectivity index (χ4v) is 4.71. The molecule has 35 heavy (non-hydrogen) atoms. The molecule has 1 atom stereocenters. The van der Waals surface area contributed by atoms with Crippen LogP contribution in [0, 0.1) is 0 Å². The molecule has 6 heteroatoms. The van der Waals surface area contributed by atoms with Crippen LogP contribution in [0.5, 0.6) is 0 Å². The molecule has 0 radical (unpaired) electrons. The van der Waals surface area contributed by atoms with Crippen LogP contribution < -0.4 is 0 Å². The van der Waals surface area contributed by atoms with Crippen LogP contribution in [-0.4, -0.2) is 62.7 Å². The summed E-state index contributed by atoms with van der Waals surface area (Å²) < 4.78 is 1.99. The van der Waals surface area contributed by atoms with E-state index < -0.39 is 0 Å². The van der Waals surface area contributed by atoms with Crippen molar-refractivity contribution in [1.29, 1.82) is 0 Å². The van der Waals surface area contributed by atoms with E-state index in [0.29, 0.717) is 0 Å². The minimum absolute atomic E-state index is 0.0454. The molecule has 3 aromatic carbocycles. The van der Waals surface area contributed by atoms with Gasteiger partial charge in [0.25, 0.3) is 0 Å². The normalized spacial score (nSPS) is 16.0. The number of hydrogen-bond donors (Lipinski definition) is 0. The van der Waals surface area contributed by atoms with E-state index in [4.69, 9.17) is 0 Å². The largest absolute Gasteiger partial charge is 0.297 e. The van der Waals surface area contributed by atoms with Crippen molar-refractivity contribution in [1.82, 2.24) is 30.0 Å². The summed E-state index contributed by atoms with van der Waals surface area (Å²) in [4.78, 5) is 5.04. The van der Waals surface area contributed by atoms with Gasteiger partial charge in [0, 0.05) is 39.3 Å². The van der Waals surface area contributed by atoms with Gasteiger partial charge in [0.2, 0.25) is 0 Å². The second-order valence-corrected chi connectivity index (χ2v) is 8.96. The fourth-order valence-electron chi connectivity index (χ4n) is 4.71. The first kappa shape index (κ1) is 23.1. The molecule has 178 valence electrons. The molecule has 0 amide bonds. The van der Waals surface area contributed by atoms with Crippen molar-refractivity contribution in [3.8, 4) is 0 Å². The predicted octanol–water partition coefficient (Wildman–Crippen LogP) is 4.34. The Balaban J connectivity index is 1.27. The van der Waals surface area contributed by atoms with Crippen LogP contribution in [-0.2, 0) is 13.0 Å². The van der Waals surface area contributed by atoms with Crippen molar-refractivity contribution in [3.05, 3.63) is 120 Å². The van der Waals surface area contributed by atoms with Gasteiger partial charge in [0.15, 0.2) is 5.82 Å². The molecule has 1 fully saturated rings. The lowest BCUT2D eigenvalue weighted by Gasteiger charge is -2.38. The second-order valence-electron chi connectivity index (χ2n) is 8.96. The Hall–Kier alpha value is -3.61. The van der Waals surface area contributed by atoms with Crippen LogP contribution in [0.25, 0.3) is 6.08 Å². The van der Waals surface area contributed by atoms with Gasteiger partial charge in [-0.15, -0.1) is 5.10 Å². The van der Waals surface area contributed by atoms with Crippen LogP contribution in [0.3, 0.4) is 0 Å². The summed E-state index contributed by atoms with van der Waals surface area (Å²) in [5.74, 6) is 0.921. The minimum Gasteiger partial charge on any atom is -0.297 e. The molecule has 6 nitrogen and oxygen atoms in total. The third-order valence-electron chi connectivity index (χ3n) is 6.62. The monoisotopic (exact) mass is 464 g/mol. The zero-order valence-electron chi connectivity index (χ0n) is 20.0. The van der Waals surface area contributed by atoms with Crippen molar-refractivity contribution in [2.75, 3.05) is 32.7 Å². The summed E-state index contributed by atoms with van der Waals surface area (Å²) >= 11 is 0. The highest BCUT2D eigenvalue weighted by atomic mass is 15.6. The standard InChI is InChI=1S/C29H32N6/c1-4-11-25(12-5-1)15-10-19-33-21-23-34(24-22-33)28(27-16-8-3-9-17-27)29-30-31-32-35(29)20-18-26-13-6-2-7-14-26/h1-17,28H,18-24H2/b15-10+. The fraction of sp³-hybridized carbons (Fsp3) is 0.276. The third-order valence-corrected chi connectivity index (χ3v) is 6.62. The van der Waals surface area contributed by atoms with Crippen LogP contribution in [0.4, 0.5) is 0 Å². The number of piperazine rings is 1. The number of benzene rings is 3. The van der Waals surface area contributed by atoms with Crippen molar-refractivity contribution in [2.24, 2.45) is 0 Å². The van der Waals surface area contributed by atoms with Gasteiger partial charge < -0.3 is 0 Å². The van der Waals surface area contributed by atoms with Crippen molar-refractivity contribution < 1.29 is 0 Å². The Morgan fingerprint density at radius 1 is 0.771 bits per heavy atom. The van der Waals surface area contributed by atoms with Crippen molar-refractivity contribution in [2.45, 2.75) is 19.0 Å². The van der Waals surface area contributed by atoms with Gasteiger partial charge in [-0.05, 0) is 33.5 Å². The average molecular weight is 465 g/mol. The molecule has 5 rings (SSSR count). The van der Waals surface area contributed by atoms with Crippen molar-refractivity contribution in [3.63, 3.8) is 0 Å². The molecule has 4 aromatic rings. The van der Waals surface area contributed by atoms with Crippen molar-refractivity contribution >= 4 is 6.08 Å². The van der Waals surface area contributed by atoms with E-state index in [2.05, 4.69) is 128 Å². The second kappa shape index (κ2) is 11.7. The minimum atomic E-state index is 0.0454. The highest BCUT2D eigenvalue weighted by Crippen LogP contribution is 2.28.